The zero-order valence-electron chi connectivity index (χ0n) is 10.3. The van der Waals surface area contributed by atoms with Gasteiger partial charge in [0, 0.05) is 31.1 Å². The molecule has 0 aromatic carbocycles. The van der Waals surface area contributed by atoms with E-state index in [1.807, 2.05) is 13.1 Å². The molecule has 0 spiro atoms. The molecule has 1 aliphatic rings. The van der Waals surface area contributed by atoms with E-state index in [4.69, 9.17) is 4.74 Å². The summed E-state index contributed by atoms with van der Waals surface area (Å²) in [6.45, 7) is 8.00. The van der Waals surface area contributed by atoms with Crippen LogP contribution in [-0.2, 0) is 11.3 Å². The summed E-state index contributed by atoms with van der Waals surface area (Å²) in [5, 5.41) is 3.56. The minimum absolute atomic E-state index is 0.0137. The van der Waals surface area contributed by atoms with Crippen molar-refractivity contribution in [1.82, 2.24) is 15.3 Å². The summed E-state index contributed by atoms with van der Waals surface area (Å²) in [5.74, 6) is 0.976. The van der Waals surface area contributed by atoms with Crippen LogP contribution in [0.2, 0.25) is 0 Å². The Morgan fingerprint density at radius 1 is 1.62 bits per heavy atom. The number of nitrogens with one attached hydrogen (secondary N) is 2. The number of aromatic nitrogens is 2. The Balaban J connectivity index is 1.82. The summed E-state index contributed by atoms with van der Waals surface area (Å²) in [6.07, 6.45) is 4.06. The largest absolute Gasteiger partial charge is 0.375 e. The second-order valence-electron chi connectivity index (χ2n) is 5.17. The lowest BCUT2D eigenvalue weighted by Gasteiger charge is -2.35. The fraction of sp³-hybridized carbons (Fsp3) is 0.750. The average Bonchev–Trinajstić information content (AvgIpc) is 2.60. The zero-order chi connectivity index (χ0) is 11.6. The molecule has 1 aliphatic heterocycles. The number of imidazole rings is 1. The highest BCUT2D eigenvalue weighted by Gasteiger charge is 2.28. The van der Waals surface area contributed by atoms with Crippen molar-refractivity contribution in [2.24, 2.45) is 0 Å². The van der Waals surface area contributed by atoms with Gasteiger partial charge in [-0.2, -0.15) is 0 Å². The molecule has 1 atom stereocenters. The van der Waals surface area contributed by atoms with Gasteiger partial charge in [-0.3, -0.25) is 0 Å². The number of ether oxygens (including phenoxy) is 1. The van der Waals surface area contributed by atoms with Crippen molar-refractivity contribution >= 4 is 0 Å². The molecule has 1 aromatic rings. The van der Waals surface area contributed by atoms with Crippen LogP contribution in [0.3, 0.4) is 0 Å². The first-order valence-electron chi connectivity index (χ1n) is 5.93. The van der Waals surface area contributed by atoms with Gasteiger partial charge in [-0.05, 0) is 33.6 Å². The summed E-state index contributed by atoms with van der Waals surface area (Å²) in [5.41, 5.74) is 1.17. The first kappa shape index (κ1) is 11.6. The van der Waals surface area contributed by atoms with Crippen molar-refractivity contribution < 1.29 is 4.74 Å². The monoisotopic (exact) mass is 223 g/mol. The first-order chi connectivity index (χ1) is 7.55. The lowest BCUT2D eigenvalue weighted by atomic mass is 9.94. The van der Waals surface area contributed by atoms with E-state index < -0.39 is 0 Å². The molecular formula is C12H21N3O. The number of aryl methyl sites for hydroxylation is 1. The van der Waals surface area contributed by atoms with Gasteiger partial charge >= 0.3 is 0 Å². The van der Waals surface area contributed by atoms with Gasteiger partial charge in [0.2, 0.25) is 0 Å². The van der Waals surface area contributed by atoms with Gasteiger partial charge in [-0.25, -0.2) is 4.98 Å². The van der Waals surface area contributed by atoms with Crippen LogP contribution in [0.4, 0.5) is 0 Å². The van der Waals surface area contributed by atoms with E-state index in [0.717, 1.165) is 37.5 Å². The fourth-order valence-electron chi connectivity index (χ4n) is 2.22. The van der Waals surface area contributed by atoms with Gasteiger partial charge < -0.3 is 15.0 Å². The van der Waals surface area contributed by atoms with Crippen molar-refractivity contribution in [3.63, 3.8) is 0 Å². The predicted molar refractivity (Wildman–Crippen MR) is 63.2 cm³/mol. The summed E-state index contributed by atoms with van der Waals surface area (Å²) >= 11 is 0. The molecule has 1 fully saturated rings. The third-order valence-electron chi connectivity index (χ3n) is 3.03. The lowest BCUT2D eigenvalue weighted by Crippen LogP contribution is -2.43. The van der Waals surface area contributed by atoms with Gasteiger partial charge in [0.1, 0.15) is 5.82 Å². The fourth-order valence-corrected chi connectivity index (χ4v) is 2.22. The molecule has 4 nitrogen and oxygen atoms in total. The third-order valence-corrected chi connectivity index (χ3v) is 3.03. The highest BCUT2D eigenvalue weighted by atomic mass is 16.5. The lowest BCUT2D eigenvalue weighted by molar-refractivity contribution is -0.0631. The minimum Gasteiger partial charge on any atom is -0.375 e. The van der Waals surface area contributed by atoms with E-state index >= 15 is 0 Å². The molecule has 4 heteroatoms. The number of rotatable bonds is 3. The smallest absolute Gasteiger partial charge is 0.103 e. The number of hydrogen-bond donors (Lipinski definition) is 2. The summed E-state index contributed by atoms with van der Waals surface area (Å²) < 4.78 is 5.69. The van der Waals surface area contributed by atoms with Gasteiger partial charge in [0.25, 0.3) is 0 Å². The number of aromatic amines is 1. The van der Waals surface area contributed by atoms with Crippen LogP contribution in [0.5, 0.6) is 0 Å². The van der Waals surface area contributed by atoms with E-state index in [2.05, 4.69) is 29.1 Å². The molecule has 2 heterocycles. The molecule has 0 bridgehead atoms. The summed E-state index contributed by atoms with van der Waals surface area (Å²) in [7, 11) is 0. The van der Waals surface area contributed by atoms with Gasteiger partial charge in [0.05, 0.1) is 5.60 Å². The quantitative estimate of drug-likeness (QED) is 0.821. The SMILES string of the molecule is Cc1ncc(CNC2CCOC(C)(C)C2)[nH]1. The Kier molecular flexibility index (Phi) is 3.30. The molecule has 0 amide bonds. The van der Waals surface area contributed by atoms with Crippen LogP contribution >= 0.6 is 0 Å². The molecule has 90 valence electrons. The van der Waals surface area contributed by atoms with Crippen LogP contribution in [-0.4, -0.2) is 28.2 Å². The molecule has 1 aromatic heterocycles. The topological polar surface area (TPSA) is 49.9 Å². The van der Waals surface area contributed by atoms with Gasteiger partial charge in [-0.15, -0.1) is 0 Å². The van der Waals surface area contributed by atoms with E-state index in [9.17, 15) is 0 Å². The predicted octanol–water partition coefficient (Wildman–Crippen LogP) is 1.77. The van der Waals surface area contributed by atoms with E-state index in [1.54, 1.807) is 0 Å². The average molecular weight is 223 g/mol. The van der Waals surface area contributed by atoms with Crippen LogP contribution in [0.1, 0.15) is 38.2 Å². The normalized spacial score (nSPS) is 24.6. The Morgan fingerprint density at radius 2 is 2.44 bits per heavy atom. The number of H-pyrrole nitrogens is 1. The van der Waals surface area contributed by atoms with Gasteiger partial charge in [0.15, 0.2) is 0 Å². The van der Waals surface area contributed by atoms with Crippen molar-refractivity contribution in [2.45, 2.75) is 51.8 Å². The number of hydrogen-bond acceptors (Lipinski definition) is 3. The maximum absolute atomic E-state index is 5.69. The van der Waals surface area contributed by atoms with E-state index in [1.165, 1.54) is 0 Å². The van der Waals surface area contributed by atoms with Crippen molar-refractivity contribution in [3.8, 4) is 0 Å². The second kappa shape index (κ2) is 4.55. The minimum atomic E-state index is 0.0137. The molecule has 1 unspecified atom stereocenters. The summed E-state index contributed by atoms with van der Waals surface area (Å²) in [4.78, 5) is 7.42. The standard InChI is InChI=1S/C12H21N3O/c1-9-13-7-11(15-9)8-14-10-4-5-16-12(2,3)6-10/h7,10,14H,4-6,8H2,1-3H3,(H,13,15). The maximum Gasteiger partial charge on any atom is 0.103 e. The third kappa shape index (κ3) is 3.06. The molecule has 1 saturated heterocycles. The van der Waals surface area contributed by atoms with Crippen LogP contribution in [0, 0.1) is 6.92 Å². The van der Waals surface area contributed by atoms with E-state index in [-0.39, 0.29) is 5.60 Å². The number of nitrogens with zero attached hydrogens (tertiary/aromatic N) is 1. The van der Waals surface area contributed by atoms with Crippen molar-refractivity contribution in [2.75, 3.05) is 6.61 Å². The second-order valence-corrected chi connectivity index (χ2v) is 5.17. The Hall–Kier alpha value is -0.870. The van der Waals surface area contributed by atoms with Crippen molar-refractivity contribution in [1.29, 1.82) is 0 Å². The van der Waals surface area contributed by atoms with Crippen molar-refractivity contribution in [3.05, 3.63) is 17.7 Å². The van der Waals surface area contributed by atoms with Crippen LogP contribution in [0.25, 0.3) is 0 Å². The Morgan fingerprint density at radius 3 is 3.06 bits per heavy atom. The molecule has 2 rings (SSSR count). The zero-order valence-corrected chi connectivity index (χ0v) is 10.3. The van der Waals surface area contributed by atoms with Crippen LogP contribution < -0.4 is 5.32 Å². The molecular weight excluding hydrogens is 202 g/mol. The molecule has 16 heavy (non-hydrogen) atoms. The van der Waals surface area contributed by atoms with Crippen LogP contribution in [0.15, 0.2) is 6.20 Å². The van der Waals surface area contributed by atoms with E-state index in [0.29, 0.717) is 6.04 Å². The highest BCUT2D eigenvalue weighted by molar-refractivity contribution is 5.00. The Bertz CT molecular complexity index is 346. The summed E-state index contributed by atoms with van der Waals surface area (Å²) in [6, 6.07) is 0.548. The highest BCUT2D eigenvalue weighted by Crippen LogP contribution is 2.23. The molecule has 0 saturated carbocycles. The van der Waals surface area contributed by atoms with Gasteiger partial charge in [-0.1, -0.05) is 0 Å². The Labute approximate surface area is 96.8 Å². The molecule has 0 radical (unpaired) electrons. The maximum atomic E-state index is 5.69. The molecule has 2 N–H and O–H groups in total. The molecule has 0 aliphatic carbocycles. The first-order valence-corrected chi connectivity index (χ1v) is 5.93.